The normalized spacial score (nSPS) is 13.1. The molecule has 0 amide bonds. The van der Waals surface area contributed by atoms with Crippen LogP contribution in [0.15, 0.2) is 17.1 Å². The highest BCUT2D eigenvalue weighted by molar-refractivity contribution is 5.79. The molecule has 1 aliphatic rings. The van der Waals surface area contributed by atoms with Gasteiger partial charge in [-0.05, 0) is 19.4 Å². The van der Waals surface area contributed by atoms with Gasteiger partial charge in [-0.15, -0.1) is 0 Å². The number of nitrogens with one attached hydrogen (secondary N) is 2. The minimum atomic E-state index is -2.94. The van der Waals surface area contributed by atoms with Gasteiger partial charge >= 0.3 is 6.61 Å². The van der Waals surface area contributed by atoms with Crippen LogP contribution in [0.5, 0.6) is 17.2 Å². The third-order valence-electron chi connectivity index (χ3n) is 3.71. The lowest BCUT2D eigenvalue weighted by molar-refractivity contribution is -0.0505. The molecule has 1 aromatic rings. The highest BCUT2D eigenvalue weighted by Gasteiger charge is 2.20. The number of guanidine groups is 1. The number of ether oxygens (including phenoxy) is 5. The Morgan fingerprint density at radius 1 is 1.18 bits per heavy atom. The van der Waals surface area contributed by atoms with Crippen LogP contribution in [0, 0.1) is 0 Å². The second kappa shape index (κ2) is 12.2. The summed E-state index contributed by atoms with van der Waals surface area (Å²) in [5, 5.41) is 6.29. The molecule has 1 aliphatic heterocycles. The molecule has 0 spiro atoms. The summed E-state index contributed by atoms with van der Waals surface area (Å²) in [4.78, 5) is 4.44. The predicted octanol–water partition coefficient (Wildman–Crippen LogP) is 2.12. The van der Waals surface area contributed by atoms with E-state index >= 15 is 0 Å². The molecule has 0 radical (unpaired) electrons. The maximum atomic E-state index is 12.7. The molecule has 0 fully saturated rings. The molecule has 28 heavy (non-hydrogen) atoms. The molecule has 0 atom stereocenters. The standard InChI is InChI=1S/C18H27F2N3O5/c1-3-21-18(22-5-4-6-25-8-7-24-2)23-11-13-9-15-16(27-12-26-15)10-14(13)28-17(19)20/h9-10,17H,3-8,11-12H2,1-2H3,(H2,21,22,23). The predicted molar refractivity (Wildman–Crippen MR) is 99.3 cm³/mol. The van der Waals surface area contributed by atoms with Crippen LogP contribution in [0.25, 0.3) is 0 Å². The summed E-state index contributed by atoms with van der Waals surface area (Å²) in [5.74, 6) is 1.45. The van der Waals surface area contributed by atoms with E-state index < -0.39 is 6.61 Å². The highest BCUT2D eigenvalue weighted by Crippen LogP contribution is 2.38. The van der Waals surface area contributed by atoms with Gasteiger partial charge in [0.25, 0.3) is 0 Å². The smallest absolute Gasteiger partial charge is 0.387 e. The number of alkyl halides is 2. The topological polar surface area (TPSA) is 82.6 Å². The van der Waals surface area contributed by atoms with Gasteiger partial charge in [0.15, 0.2) is 17.5 Å². The summed E-state index contributed by atoms with van der Waals surface area (Å²) in [7, 11) is 1.63. The summed E-state index contributed by atoms with van der Waals surface area (Å²) < 4.78 is 50.9. The summed E-state index contributed by atoms with van der Waals surface area (Å²) in [5.41, 5.74) is 0.477. The van der Waals surface area contributed by atoms with E-state index in [0.29, 0.717) is 55.9 Å². The molecule has 2 N–H and O–H groups in total. The van der Waals surface area contributed by atoms with E-state index in [0.717, 1.165) is 6.42 Å². The van der Waals surface area contributed by atoms with Crippen molar-refractivity contribution in [2.24, 2.45) is 4.99 Å². The van der Waals surface area contributed by atoms with Gasteiger partial charge in [0.05, 0.1) is 19.8 Å². The van der Waals surface area contributed by atoms with Crippen LogP contribution in [0.2, 0.25) is 0 Å². The van der Waals surface area contributed by atoms with Crippen molar-refractivity contribution in [1.29, 1.82) is 0 Å². The van der Waals surface area contributed by atoms with Crippen LogP contribution in [-0.4, -0.2) is 59.4 Å². The molecular weight excluding hydrogens is 376 g/mol. The third kappa shape index (κ3) is 7.35. The number of fused-ring (bicyclic) bond motifs is 1. The van der Waals surface area contributed by atoms with Crippen molar-refractivity contribution in [3.05, 3.63) is 17.7 Å². The summed E-state index contributed by atoms with van der Waals surface area (Å²) in [6.07, 6.45) is 0.790. The molecule has 2 rings (SSSR count). The lowest BCUT2D eigenvalue weighted by Crippen LogP contribution is -2.38. The van der Waals surface area contributed by atoms with Gasteiger partial charge in [-0.3, -0.25) is 0 Å². The molecule has 1 heterocycles. The molecular formula is C18H27F2N3O5. The van der Waals surface area contributed by atoms with Crippen LogP contribution >= 0.6 is 0 Å². The van der Waals surface area contributed by atoms with Crippen molar-refractivity contribution in [2.45, 2.75) is 26.5 Å². The Bertz CT molecular complexity index is 631. The van der Waals surface area contributed by atoms with Crippen LogP contribution in [-0.2, 0) is 16.0 Å². The first-order valence-electron chi connectivity index (χ1n) is 9.10. The van der Waals surface area contributed by atoms with E-state index in [1.54, 1.807) is 13.2 Å². The molecule has 8 nitrogen and oxygen atoms in total. The monoisotopic (exact) mass is 403 g/mol. The molecule has 0 saturated carbocycles. The average molecular weight is 403 g/mol. The SMILES string of the molecule is CCNC(=NCc1cc2c(cc1OC(F)F)OCO2)NCCCOCCOC. The molecule has 1 aromatic carbocycles. The van der Waals surface area contributed by atoms with Gasteiger partial charge in [-0.25, -0.2) is 4.99 Å². The number of aliphatic imine (C=N–C) groups is 1. The molecule has 0 unspecified atom stereocenters. The van der Waals surface area contributed by atoms with Crippen molar-refractivity contribution < 1.29 is 32.5 Å². The second-order valence-corrected chi connectivity index (χ2v) is 5.77. The van der Waals surface area contributed by atoms with Gasteiger partial charge in [-0.1, -0.05) is 0 Å². The molecule has 0 bridgehead atoms. The van der Waals surface area contributed by atoms with E-state index in [1.165, 1.54) is 6.07 Å². The summed E-state index contributed by atoms with van der Waals surface area (Å²) in [6.45, 7) is 2.23. The van der Waals surface area contributed by atoms with Crippen molar-refractivity contribution in [3.63, 3.8) is 0 Å². The minimum Gasteiger partial charge on any atom is -0.454 e. The lowest BCUT2D eigenvalue weighted by Gasteiger charge is -2.13. The van der Waals surface area contributed by atoms with Gasteiger partial charge < -0.3 is 34.3 Å². The van der Waals surface area contributed by atoms with Crippen LogP contribution < -0.4 is 24.8 Å². The Labute approximate surface area is 163 Å². The fourth-order valence-electron chi connectivity index (χ4n) is 2.43. The van der Waals surface area contributed by atoms with E-state index in [1.807, 2.05) is 6.92 Å². The Morgan fingerprint density at radius 2 is 1.96 bits per heavy atom. The Balaban J connectivity index is 1.93. The zero-order valence-electron chi connectivity index (χ0n) is 16.1. The number of hydrogen-bond donors (Lipinski definition) is 2. The average Bonchev–Trinajstić information content (AvgIpc) is 3.11. The van der Waals surface area contributed by atoms with Crippen LogP contribution in [0.3, 0.4) is 0 Å². The fourth-order valence-corrected chi connectivity index (χ4v) is 2.43. The highest BCUT2D eigenvalue weighted by atomic mass is 19.3. The van der Waals surface area contributed by atoms with Gasteiger partial charge in [0.1, 0.15) is 5.75 Å². The number of methoxy groups -OCH3 is 1. The van der Waals surface area contributed by atoms with Crippen LogP contribution in [0.4, 0.5) is 8.78 Å². The maximum absolute atomic E-state index is 12.7. The zero-order chi connectivity index (χ0) is 20.2. The van der Waals surface area contributed by atoms with Crippen molar-refractivity contribution >= 4 is 5.96 Å². The molecule has 0 aliphatic carbocycles. The Morgan fingerprint density at radius 3 is 2.68 bits per heavy atom. The van der Waals surface area contributed by atoms with Crippen molar-refractivity contribution in [3.8, 4) is 17.2 Å². The van der Waals surface area contributed by atoms with Gasteiger partial charge in [0.2, 0.25) is 6.79 Å². The Kier molecular flexibility index (Phi) is 9.56. The zero-order valence-corrected chi connectivity index (χ0v) is 16.1. The number of nitrogens with zero attached hydrogens (tertiary/aromatic N) is 1. The van der Waals surface area contributed by atoms with Gasteiger partial charge in [0, 0.05) is 38.4 Å². The number of benzene rings is 1. The second-order valence-electron chi connectivity index (χ2n) is 5.77. The fraction of sp³-hybridized carbons (Fsp3) is 0.611. The first kappa shape index (κ1) is 22.0. The lowest BCUT2D eigenvalue weighted by atomic mass is 10.1. The Hall–Kier alpha value is -2.33. The maximum Gasteiger partial charge on any atom is 0.387 e. The molecule has 0 aromatic heterocycles. The summed E-state index contributed by atoms with van der Waals surface area (Å²) >= 11 is 0. The number of rotatable bonds is 12. The first-order chi connectivity index (χ1) is 13.6. The van der Waals surface area contributed by atoms with E-state index in [2.05, 4.69) is 20.4 Å². The number of halogens is 2. The summed E-state index contributed by atoms with van der Waals surface area (Å²) in [6, 6.07) is 3.01. The minimum absolute atomic E-state index is 0.0189. The van der Waals surface area contributed by atoms with Crippen molar-refractivity contribution in [2.75, 3.05) is 46.8 Å². The molecule has 10 heteroatoms. The molecule has 158 valence electrons. The first-order valence-corrected chi connectivity index (χ1v) is 9.10. The molecule has 0 saturated heterocycles. The third-order valence-corrected chi connectivity index (χ3v) is 3.71. The van der Waals surface area contributed by atoms with Crippen LogP contribution in [0.1, 0.15) is 18.9 Å². The largest absolute Gasteiger partial charge is 0.454 e. The van der Waals surface area contributed by atoms with Gasteiger partial charge in [-0.2, -0.15) is 8.78 Å². The van der Waals surface area contributed by atoms with Crippen molar-refractivity contribution in [1.82, 2.24) is 10.6 Å². The van der Waals surface area contributed by atoms with E-state index in [9.17, 15) is 8.78 Å². The quantitative estimate of drug-likeness (QED) is 0.314. The van der Waals surface area contributed by atoms with E-state index in [-0.39, 0.29) is 19.1 Å². The number of hydrogen-bond acceptors (Lipinski definition) is 6. The van der Waals surface area contributed by atoms with E-state index in [4.69, 9.17) is 18.9 Å².